The van der Waals surface area contributed by atoms with Crippen LogP contribution in [0.4, 0.5) is 5.13 Å². The quantitative estimate of drug-likeness (QED) is 0.762. The van der Waals surface area contributed by atoms with Crippen LogP contribution in [0.2, 0.25) is 0 Å². The van der Waals surface area contributed by atoms with Crippen LogP contribution in [0.3, 0.4) is 0 Å². The molecule has 0 saturated carbocycles. The van der Waals surface area contributed by atoms with E-state index in [-0.39, 0.29) is 0 Å². The molecule has 1 N–H and O–H groups in total. The molecule has 2 aromatic rings. The lowest BCUT2D eigenvalue weighted by Crippen LogP contribution is -2.07. The van der Waals surface area contributed by atoms with Crippen molar-refractivity contribution in [2.24, 2.45) is 0 Å². The lowest BCUT2D eigenvalue weighted by atomic mass is 10.2. The van der Waals surface area contributed by atoms with E-state index in [1.54, 1.807) is 25.6 Å². The van der Waals surface area contributed by atoms with Crippen LogP contribution in [0.1, 0.15) is 11.4 Å². The molecule has 21 heavy (non-hydrogen) atoms. The molecule has 0 aromatic carbocycles. The van der Waals surface area contributed by atoms with E-state index in [1.165, 1.54) is 17.0 Å². The van der Waals surface area contributed by atoms with E-state index >= 15 is 0 Å². The summed E-state index contributed by atoms with van der Waals surface area (Å²) in [6.45, 7) is 7.30. The van der Waals surface area contributed by atoms with Gasteiger partial charge in [-0.2, -0.15) is 0 Å². The minimum Gasteiger partial charge on any atom is -0.383 e. The molecule has 0 atom stereocenters. The van der Waals surface area contributed by atoms with Crippen molar-refractivity contribution in [1.29, 1.82) is 0 Å². The number of aryl methyl sites for hydroxylation is 1. The minimum atomic E-state index is 0.681. The van der Waals surface area contributed by atoms with Crippen molar-refractivity contribution in [1.82, 2.24) is 9.55 Å². The van der Waals surface area contributed by atoms with E-state index in [0.717, 1.165) is 30.5 Å². The molecule has 6 heteroatoms. The lowest BCUT2D eigenvalue weighted by Gasteiger charge is -2.08. The van der Waals surface area contributed by atoms with E-state index in [9.17, 15) is 0 Å². The third kappa shape index (κ3) is 3.84. The van der Waals surface area contributed by atoms with Gasteiger partial charge in [0.2, 0.25) is 0 Å². The minimum absolute atomic E-state index is 0.681. The van der Waals surface area contributed by atoms with Gasteiger partial charge in [-0.3, -0.25) is 0 Å². The summed E-state index contributed by atoms with van der Waals surface area (Å²) >= 11 is 1.62. The largest absolute Gasteiger partial charge is 0.383 e. The second kappa shape index (κ2) is 7.59. The van der Waals surface area contributed by atoms with Gasteiger partial charge in [-0.05, 0) is 19.9 Å². The van der Waals surface area contributed by atoms with Gasteiger partial charge in [-0.1, -0.05) is 0 Å². The molecule has 116 valence electrons. The first-order valence-electron chi connectivity index (χ1n) is 7.01. The van der Waals surface area contributed by atoms with Crippen molar-refractivity contribution in [3.63, 3.8) is 0 Å². The van der Waals surface area contributed by atoms with Gasteiger partial charge in [0, 0.05) is 49.6 Å². The summed E-state index contributed by atoms with van der Waals surface area (Å²) in [5.74, 6) is 0. The lowest BCUT2D eigenvalue weighted by molar-refractivity contribution is 0.186. The molecule has 0 spiro atoms. The number of rotatable bonds is 8. The Morgan fingerprint density at radius 1 is 1.24 bits per heavy atom. The van der Waals surface area contributed by atoms with E-state index in [4.69, 9.17) is 9.47 Å². The number of nitrogens with zero attached hydrogens (tertiary/aromatic N) is 2. The maximum atomic E-state index is 5.17. The van der Waals surface area contributed by atoms with Crippen LogP contribution in [0, 0.1) is 13.8 Å². The van der Waals surface area contributed by atoms with E-state index < -0.39 is 0 Å². The van der Waals surface area contributed by atoms with Gasteiger partial charge in [0.1, 0.15) is 0 Å². The maximum absolute atomic E-state index is 5.17. The molecule has 0 aliphatic heterocycles. The number of aromatic nitrogens is 2. The summed E-state index contributed by atoms with van der Waals surface area (Å²) in [6, 6.07) is 2.19. The zero-order valence-corrected chi connectivity index (χ0v) is 13.9. The molecule has 0 aliphatic rings. The van der Waals surface area contributed by atoms with Crippen molar-refractivity contribution in [2.75, 3.05) is 39.3 Å². The molecule has 0 radical (unpaired) electrons. The zero-order chi connectivity index (χ0) is 15.2. The van der Waals surface area contributed by atoms with Gasteiger partial charge >= 0.3 is 0 Å². The third-order valence-electron chi connectivity index (χ3n) is 3.46. The van der Waals surface area contributed by atoms with E-state index in [2.05, 4.69) is 40.2 Å². The van der Waals surface area contributed by atoms with Crippen molar-refractivity contribution < 1.29 is 9.47 Å². The molecule has 5 nitrogen and oxygen atoms in total. The molecule has 2 rings (SSSR count). The Morgan fingerprint density at radius 2 is 2.00 bits per heavy atom. The molecule has 0 unspecified atom stereocenters. The monoisotopic (exact) mass is 309 g/mol. The Kier molecular flexibility index (Phi) is 5.78. The smallest absolute Gasteiger partial charge is 0.183 e. The normalized spacial score (nSPS) is 11.0. The average Bonchev–Trinajstić information content (AvgIpc) is 3.03. The summed E-state index contributed by atoms with van der Waals surface area (Å²) < 4.78 is 12.5. The first-order valence-corrected chi connectivity index (χ1v) is 7.89. The highest BCUT2D eigenvalue weighted by Gasteiger charge is 2.13. The SMILES string of the molecule is COCCNc1nc(-c2cc(C)n(CCOC)c2C)cs1. The second-order valence-corrected chi connectivity index (χ2v) is 5.74. The summed E-state index contributed by atoms with van der Waals surface area (Å²) in [6.07, 6.45) is 0. The topological polar surface area (TPSA) is 48.3 Å². The predicted molar refractivity (Wildman–Crippen MR) is 87.3 cm³/mol. The Bertz CT molecular complexity index is 577. The number of nitrogens with one attached hydrogen (secondary N) is 1. The molecule has 0 saturated heterocycles. The third-order valence-corrected chi connectivity index (χ3v) is 4.26. The zero-order valence-electron chi connectivity index (χ0n) is 13.1. The van der Waals surface area contributed by atoms with Crippen LogP contribution >= 0.6 is 11.3 Å². The molecular formula is C15H23N3O2S. The molecule has 0 amide bonds. The maximum Gasteiger partial charge on any atom is 0.183 e. The average molecular weight is 309 g/mol. The molecule has 2 heterocycles. The molecule has 0 aliphatic carbocycles. The summed E-state index contributed by atoms with van der Waals surface area (Å²) in [5, 5.41) is 6.30. The number of anilines is 1. The number of hydrogen-bond acceptors (Lipinski definition) is 5. The molecular weight excluding hydrogens is 286 g/mol. The Balaban J connectivity index is 2.14. The van der Waals surface area contributed by atoms with Crippen LogP contribution in [0.5, 0.6) is 0 Å². The Labute approximate surface area is 129 Å². The summed E-state index contributed by atoms with van der Waals surface area (Å²) in [5.41, 5.74) is 4.69. The Hall–Kier alpha value is -1.37. The van der Waals surface area contributed by atoms with Crippen molar-refractivity contribution in [2.45, 2.75) is 20.4 Å². The van der Waals surface area contributed by atoms with Gasteiger partial charge < -0.3 is 19.4 Å². The first kappa shape index (κ1) is 16.0. The van der Waals surface area contributed by atoms with Gasteiger partial charge in [-0.25, -0.2) is 4.98 Å². The van der Waals surface area contributed by atoms with E-state index in [1.807, 2.05) is 0 Å². The fourth-order valence-corrected chi connectivity index (χ4v) is 3.07. The number of methoxy groups -OCH3 is 2. The molecule has 0 fully saturated rings. The van der Waals surface area contributed by atoms with Crippen LogP contribution in [-0.2, 0) is 16.0 Å². The number of thiazole rings is 1. The van der Waals surface area contributed by atoms with Crippen molar-refractivity contribution in [3.8, 4) is 11.3 Å². The van der Waals surface area contributed by atoms with Crippen LogP contribution in [0.25, 0.3) is 11.3 Å². The number of ether oxygens (including phenoxy) is 2. The van der Waals surface area contributed by atoms with Gasteiger partial charge in [0.25, 0.3) is 0 Å². The molecule has 0 bridgehead atoms. The fraction of sp³-hybridized carbons (Fsp3) is 0.533. The predicted octanol–water partition coefficient (Wildman–Crippen LogP) is 2.93. The van der Waals surface area contributed by atoms with Crippen LogP contribution in [-0.4, -0.2) is 43.5 Å². The molecule has 2 aromatic heterocycles. The first-order chi connectivity index (χ1) is 10.2. The van der Waals surface area contributed by atoms with Gasteiger partial charge in [0.05, 0.1) is 18.9 Å². The van der Waals surface area contributed by atoms with Gasteiger partial charge in [0.15, 0.2) is 5.13 Å². The van der Waals surface area contributed by atoms with Crippen molar-refractivity contribution >= 4 is 16.5 Å². The van der Waals surface area contributed by atoms with E-state index in [0.29, 0.717) is 6.61 Å². The van der Waals surface area contributed by atoms with Crippen LogP contribution < -0.4 is 5.32 Å². The van der Waals surface area contributed by atoms with Gasteiger partial charge in [-0.15, -0.1) is 11.3 Å². The Morgan fingerprint density at radius 3 is 2.71 bits per heavy atom. The standard InChI is InChI=1S/C15H23N3O2S/c1-11-9-13(12(2)18(11)6-8-20-4)14-10-21-15(17-14)16-5-7-19-3/h9-10H,5-8H2,1-4H3,(H,16,17). The number of hydrogen-bond donors (Lipinski definition) is 1. The highest BCUT2D eigenvalue weighted by Crippen LogP contribution is 2.29. The second-order valence-electron chi connectivity index (χ2n) is 4.89. The highest BCUT2D eigenvalue weighted by atomic mass is 32.1. The summed E-state index contributed by atoms with van der Waals surface area (Å²) in [4.78, 5) is 4.66. The van der Waals surface area contributed by atoms with Crippen LogP contribution in [0.15, 0.2) is 11.4 Å². The highest BCUT2D eigenvalue weighted by molar-refractivity contribution is 7.14. The summed E-state index contributed by atoms with van der Waals surface area (Å²) in [7, 11) is 3.43. The fourth-order valence-electron chi connectivity index (χ4n) is 2.33. The van der Waals surface area contributed by atoms with Crippen molar-refractivity contribution in [3.05, 3.63) is 22.8 Å².